The van der Waals surface area contributed by atoms with Crippen molar-refractivity contribution >= 4 is 12.0 Å². The Kier molecular flexibility index (Phi) is 6.61. The van der Waals surface area contributed by atoms with Crippen LogP contribution in [-0.2, 0) is 11.3 Å². The quantitative estimate of drug-likeness (QED) is 0.842. The van der Waals surface area contributed by atoms with Crippen molar-refractivity contribution in [3.05, 3.63) is 65.2 Å². The highest BCUT2D eigenvalue weighted by molar-refractivity contribution is 5.77. The molecule has 0 aliphatic carbocycles. The van der Waals surface area contributed by atoms with Gasteiger partial charge < -0.3 is 14.8 Å². The average molecular weight is 336 g/mol. The molecule has 128 valence electrons. The summed E-state index contributed by atoms with van der Waals surface area (Å²) in [5, 5.41) is 11.6. The van der Waals surface area contributed by atoms with Crippen LogP contribution in [-0.4, -0.2) is 19.6 Å². The highest BCUT2D eigenvalue weighted by Gasteiger charge is 2.08. The summed E-state index contributed by atoms with van der Waals surface area (Å²) in [5.74, 6) is 0.837. The van der Waals surface area contributed by atoms with Gasteiger partial charge in [-0.2, -0.15) is 5.26 Å². The Morgan fingerprint density at radius 1 is 1.24 bits per heavy atom. The third kappa shape index (κ3) is 5.40. The summed E-state index contributed by atoms with van der Waals surface area (Å²) in [7, 11) is 1.56. The SMILES string of the molecule is C/C=C/c1ccc(OCC(=O)NCc2cccc(C#N)c2)c(OC)c1. The first-order chi connectivity index (χ1) is 12.2. The van der Waals surface area contributed by atoms with E-state index in [4.69, 9.17) is 14.7 Å². The molecule has 0 heterocycles. The van der Waals surface area contributed by atoms with E-state index in [1.54, 1.807) is 31.4 Å². The molecule has 0 saturated heterocycles. The molecule has 0 fully saturated rings. The Hall–Kier alpha value is -3.26. The summed E-state index contributed by atoms with van der Waals surface area (Å²) in [6, 6.07) is 14.7. The van der Waals surface area contributed by atoms with Gasteiger partial charge in [0.05, 0.1) is 18.7 Å². The minimum Gasteiger partial charge on any atom is -0.493 e. The zero-order valence-corrected chi connectivity index (χ0v) is 14.3. The number of carbonyl (C=O) groups excluding carboxylic acids is 1. The van der Waals surface area contributed by atoms with Gasteiger partial charge in [-0.3, -0.25) is 4.79 Å². The minimum atomic E-state index is -0.248. The van der Waals surface area contributed by atoms with Crippen LogP contribution in [0.2, 0.25) is 0 Å². The van der Waals surface area contributed by atoms with Gasteiger partial charge in [-0.1, -0.05) is 30.4 Å². The van der Waals surface area contributed by atoms with Crippen molar-refractivity contribution in [2.75, 3.05) is 13.7 Å². The van der Waals surface area contributed by atoms with Gasteiger partial charge in [0.25, 0.3) is 5.91 Å². The maximum Gasteiger partial charge on any atom is 0.258 e. The van der Waals surface area contributed by atoms with Crippen molar-refractivity contribution in [2.45, 2.75) is 13.5 Å². The van der Waals surface area contributed by atoms with Gasteiger partial charge in [0.15, 0.2) is 18.1 Å². The Bertz CT molecular complexity index is 807. The van der Waals surface area contributed by atoms with Gasteiger partial charge in [0.2, 0.25) is 0 Å². The van der Waals surface area contributed by atoms with Crippen LogP contribution >= 0.6 is 0 Å². The van der Waals surface area contributed by atoms with Gasteiger partial charge >= 0.3 is 0 Å². The van der Waals surface area contributed by atoms with E-state index in [1.165, 1.54) is 0 Å². The molecular weight excluding hydrogens is 316 g/mol. The van der Waals surface area contributed by atoms with E-state index in [0.29, 0.717) is 23.6 Å². The van der Waals surface area contributed by atoms with Crippen LogP contribution < -0.4 is 14.8 Å². The lowest BCUT2D eigenvalue weighted by Crippen LogP contribution is -2.28. The average Bonchev–Trinajstić information content (AvgIpc) is 2.65. The molecule has 2 aromatic carbocycles. The number of benzene rings is 2. The Morgan fingerprint density at radius 2 is 2.08 bits per heavy atom. The van der Waals surface area contributed by atoms with Crippen molar-refractivity contribution in [1.29, 1.82) is 5.26 Å². The Labute approximate surface area is 147 Å². The molecular formula is C20H20N2O3. The predicted octanol–water partition coefficient (Wildman–Crippen LogP) is 3.30. The van der Waals surface area contributed by atoms with E-state index in [9.17, 15) is 4.79 Å². The molecule has 0 spiro atoms. The molecule has 2 rings (SSSR count). The first kappa shape index (κ1) is 18.1. The second-order valence-corrected chi connectivity index (χ2v) is 5.29. The van der Waals surface area contributed by atoms with E-state index >= 15 is 0 Å². The third-order valence-electron chi connectivity index (χ3n) is 3.45. The van der Waals surface area contributed by atoms with Gasteiger partial charge in [-0.15, -0.1) is 0 Å². The molecule has 5 heteroatoms. The monoisotopic (exact) mass is 336 g/mol. The summed E-state index contributed by atoms with van der Waals surface area (Å²) in [6.07, 6.45) is 3.89. The second kappa shape index (κ2) is 9.14. The van der Waals surface area contributed by atoms with E-state index in [1.807, 2.05) is 37.3 Å². The molecule has 0 saturated carbocycles. The summed E-state index contributed by atoms with van der Waals surface area (Å²) in [6.45, 7) is 2.17. The van der Waals surface area contributed by atoms with Crippen LogP contribution in [0.3, 0.4) is 0 Å². The largest absolute Gasteiger partial charge is 0.493 e. The van der Waals surface area contributed by atoms with Crippen molar-refractivity contribution in [3.63, 3.8) is 0 Å². The van der Waals surface area contributed by atoms with E-state index < -0.39 is 0 Å². The van der Waals surface area contributed by atoms with Gasteiger partial charge in [-0.25, -0.2) is 0 Å². The number of methoxy groups -OCH3 is 1. The second-order valence-electron chi connectivity index (χ2n) is 5.29. The lowest BCUT2D eigenvalue weighted by Gasteiger charge is -2.11. The topological polar surface area (TPSA) is 71.3 Å². The number of ether oxygens (including phenoxy) is 2. The molecule has 0 unspecified atom stereocenters. The first-order valence-electron chi connectivity index (χ1n) is 7.85. The first-order valence-corrected chi connectivity index (χ1v) is 7.85. The van der Waals surface area contributed by atoms with Gasteiger partial charge in [0.1, 0.15) is 0 Å². The number of rotatable bonds is 7. The number of hydrogen-bond donors (Lipinski definition) is 1. The fourth-order valence-corrected chi connectivity index (χ4v) is 2.25. The summed E-state index contributed by atoms with van der Waals surface area (Å²) < 4.78 is 10.8. The van der Waals surface area contributed by atoms with Crippen LogP contribution in [0.4, 0.5) is 0 Å². The smallest absolute Gasteiger partial charge is 0.258 e. The minimum absolute atomic E-state index is 0.114. The molecule has 0 aromatic heterocycles. The van der Waals surface area contributed by atoms with Crippen LogP contribution in [0.1, 0.15) is 23.6 Å². The Morgan fingerprint density at radius 3 is 2.80 bits per heavy atom. The highest BCUT2D eigenvalue weighted by atomic mass is 16.5. The summed E-state index contributed by atoms with van der Waals surface area (Å²) >= 11 is 0. The number of amides is 1. The molecule has 5 nitrogen and oxygen atoms in total. The molecule has 0 radical (unpaired) electrons. The van der Waals surface area contributed by atoms with Crippen LogP contribution in [0.25, 0.3) is 6.08 Å². The number of hydrogen-bond acceptors (Lipinski definition) is 4. The number of nitrogens with zero attached hydrogens (tertiary/aromatic N) is 1. The standard InChI is InChI=1S/C20H20N2O3/c1-3-5-15-8-9-18(19(11-15)24-2)25-14-20(23)22-13-17-7-4-6-16(10-17)12-21/h3-11H,13-14H2,1-2H3,(H,22,23)/b5-3+. The molecule has 1 N–H and O–H groups in total. The van der Waals surface area contributed by atoms with Crippen molar-refractivity contribution in [3.8, 4) is 17.6 Å². The number of nitrogens with one attached hydrogen (secondary N) is 1. The molecule has 25 heavy (non-hydrogen) atoms. The van der Waals surface area contributed by atoms with Crippen molar-refractivity contribution in [1.82, 2.24) is 5.32 Å². The molecule has 0 aliphatic rings. The number of nitriles is 1. The van der Waals surface area contributed by atoms with Crippen LogP contribution in [0.15, 0.2) is 48.5 Å². The van der Waals surface area contributed by atoms with Gasteiger partial charge in [-0.05, 0) is 42.3 Å². The Balaban J connectivity index is 1.90. The predicted molar refractivity (Wildman–Crippen MR) is 96.2 cm³/mol. The zero-order valence-electron chi connectivity index (χ0n) is 14.3. The molecule has 0 bridgehead atoms. The summed E-state index contributed by atoms with van der Waals surface area (Å²) in [4.78, 5) is 12.0. The van der Waals surface area contributed by atoms with Gasteiger partial charge in [0, 0.05) is 6.54 Å². The third-order valence-corrected chi connectivity index (χ3v) is 3.45. The maximum atomic E-state index is 12.0. The number of carbonyl (C=O) groups is 1. The lowest BCUT2D eigenvalue weighted by atomic mass is 10.1. The fourth-order valence-electron chi connectivity index (χ4n) is 2.25. The highest BCUT2D eigenvalue weighted by Crippen LogP contribution is 2.28. The molecule has 2 aromatic rings. The van der Waals surface area contributed by atoms with Crippen molar-refractivity contribution in [2.24, 2.45) is 0 Å². The van der Waals surface area contributed by atoms with E-state index in [-0.39, 0.29) is 12.5 Å². The van der Waals surface area contributed by atoms with Crippen LogP contribution in [0.5, 0.6) is 11.5 Å². The molecule has 1 amide bonds. The van der Waals surface area contributed by atoms with Crippen LogP contribution in [0, 0.1) is 11.3 Å². The lowest BCUT2D eigenvalue weighted by molar-refractivity contribution is -0.123. The van der Waals surface area contributed by atoms with Crippen molar-refractivity contribution < 1.29 is 14.3 Å². The molecule has 0 aliphatic heterocycles. The normalized spacial score (nSPS) is 10.3. The fraction of sp³-hybridized carbons (Fsp3) is 0.200. The van der Waals surface area contributed by atoms with E-state index in [2.05, 4.69) is 11.4 Å². The summed E-state index contributed by atoms with van der Waals surface area (Å²) in [5.41, 5.74) is 2.42. The zero-order chi connectivity index (χ0) is 18.1. The molecule has 0 atom stereocenters. The maximum absolute atomic E-state index is 12.0. The number of allylic oxidation sites excluding steroid dienone is 1. The van der Waals surface area contributed by atoms with E-state index in [0.717, 1.165) is 11.1 Å².